The van der Waals surface area contributed by atoms with E-state index in [0.29, 0.717) is 5.82 Å². The predicted molar refractivity (Wildman–Crippen MR) is 103 cm³/mol. The molecule has 1 aliphatic carbocycles. The quantitative estimate of drug-likeness (QED) is 0.519. The van der Waals surface area contributed by atoms with Crippen LogP contribution in [0.2, 0.25) is 0 Å². The van der Waals surface area contributed by atoms with Crippen molar-refractivity contribution in [1.82, 2.24) is 9.97 Å². The van der Waals surface area contributed by atoms with Gasteiger partial charge in [-0.15, -0.1) is 11.3 Å². The molecule has 4 rings (SSSR count). The first-order valence-electron chi connectivity index (χ1n) is 9.14. The first-order chi connectivity index (χ1) is 14.7. The number of nitrogens with two attached hydrogens (primary N) is 1. The van der Waals surface area contributed by atoms with Gasteiger partial charge < -0.3 is 20.8 Å². The van der Waals surface area contributed by atoms with Crippen LogP contribution in [0.15, 0.2) is 0 Å². The second kappa shape index (κ2) is 9.75. The average Bonchev–Trinajstić information content (AvgIpc) is 3.38. The molecule has 0 spiro atoms. The minimum Gasteiger partial charge on any atom is -0.475 e. The van der Waals surface area contributed by atoms with Gasteiger partial charge in [-0.25, -0.2) is 14.6 Å². The SMILES string of the molecule is Nc1nc(N2CCCC2)nc2sc3c(c12)CCC3.O=C(O)C(F)(F)F.O=C(O)C(F)(F)F. The highest BCUT2D eigenvalue weighted by Gasteiger charge is 2.38. The third-order valence-corrected chi connectivity index (χ3v) is 5.64. The Morgan fingerprint density at radius 1 is 0.906 bits per heavy atom. The number of hydrogen-bond acceptors (Lipinski definition) is 7. The number of carboxylic acid groups (broad SMARTS) is 2. The summed E-state index contributed by atoms with van der Waals surface area (Å²) in [5.74, 6) is -4.00. The molecule has 2 aromatic rings. The van der Waals surface area contributed by atoms with Crippen LogP contribution >= 0.6 is 11.3 Å². The summed E-state index contributed by atoms with van der Waals surface area (Å²) in [4.78, 5) is 31.9. The maximum absolute atomic E-state index is 10.6. The van der Waals surface area contributed by atoms with Crippen LogP contribution in [0.4, 0.5) is 38.1 Å². The maximum Gasteiger partial charge on any atom is 0.490 e. The number of thiophene rings is 1. The van der Waals surface area contributed by atoms with Gasteiger partial charge in [0, 0.05) is 18.0 Å². The van der Waals surface area contributed by atoms with E-state index >= 15 is 0 Å². The third-order valence-electron chi connectivity index (χ3n) is 4.45. The lowest BCUT2D eigenvalue weighted by atomic mass is 10.2. The van der Waals surface area contributed by atoms with Crippen molar-refractivity contribution in [3.63, 3.8) is 0 Å². The number of nitrogens with zero attached hydrogens (tertiary/aromatic N) is 3. The number of carboxylic acids is 2. The molecule has 0 saturated carbocycles. The van der Waals surface area contributed by atoms with Gasteiger partial charge in [-0.05, 0) is 37.7 Å². The summed E-state index contributed by atoms with van der Waals surface area (Å²) in [6.07, 6.45) is -4.10. The van der Waals surface area contributed by atoms with Crippen molar-refractivity contribution in [2.75, 3.05) is 23.7 Å². The number of hydrogen-bond donors (Lipinski definition) is 3. The molecular weight excluding hydrogens is 470 g/mol. The number of aromatic nitrogens is 2. The Morgan fingerprint density at radius 2 is 1.41 bits per heavy atom. The topological polar surface area (TPSA) is 130 Å². The Balaban J connectivity index is 0.000000218. The molecule has 0 unspecified atom stereocenters. The van der Waals surface area contributed by atoms with Crippen LogP contribution in [0.3, 0.4) is 0 Å². The molecule has 2 aromatic heterocycles. The molecule has 0 atom stereocenters. The van der Waals surface area contributed by atoms with E-state index in [1.807, 2.05) is 11.3 Å². The van der Waals surface area contributed by atoms with E-state index in [1.165, 1.54) is 36.1 Å². The summed E-state index contributed by atoms with van der Waals surface area (Å²) in [5.41, 5.74) is 7.59. The van der Waals surface area contributed by atoms with Crippen LogP contribution in [-0.4, -0.2) is 57.6 Å². The fourth-order valence-electron chi connectivity index (χ4n) is 3.07. The predicted octanol–water partition coefficient (Wildman–Crippen LogP) is 3.63. The van der Waals surface area contributed by atoms with Crippen LogP contribution in [0, 0.1) is 0 Å². The fourth-order valence-corrected chi connectivity index (χ4v) is 4.34. The summed E-state index contributed by atoms with van der Waals surface area (Å²) in [6, 6.07) is 0. The molecule has 0 aromatic carbocycles. The van der Waals surface area contributed by atoms with Crippen molar-refractivity contribution >= 4 is 45.3 Å². The molecule has 15 heteroatoms. The zero-order valence-corrected chi connectivity index (χ0v) is 17.1. The number of rotatable bonds is 1. The lowest BCUT2D eigenvalue weighted by Crippen LogP contribution is -2.21. The van der Waals surface area contributed by atoms with Gasteiger partial charge in [-0.3, -0.25) is 0 Å². The Kier molecular flexibility index (Phi) is 7.74. The fraction of sp³-hybridized carbons (Fsp3) is 0.529. The molecule has 32 heavy (non-hydrogen) atoms. The van der Waals surface area contributed by atoms with Crippen molar-refractivity contribution in [2.45, 2.75) is 44.5 Å². The van der Waals surface area contributed by atoms with E-state index in [9.17, 15) is 26.3 Å². The molecule has 1 fully saturated rings. The van der Waals surface area contributed by atoms with Crippen LogP contribution in [0.5, 0.6) is 0 Å². The summed E-state index contributed by atoms with van der Waals surface area (Å²) < 4.78 is 63.5. The second-order valence-corrected chi connectivity index (χ2v) is 7.83. The van der Waals surface area contributed by atoms with Gasteiger partial charge in [0.2, 0.25) is 5.95 Å². The van der Waals surface area contributed by atoms with Crippen molar-refractivity contribution in [3.05, 3.63) is 10.4 Å². The normalized spacial score (nSPS) is 15.5. The average molecular weight is 488 g/mol. The highest BCUT2D eigenvalue weighted by molar-refractivity contribution is 7.19. The van der Waals surface area contributed by atoms with E-state index in [0.717, 1.165) is 35.7 Å². The lowest BCUT2D eigenvalue weighted by molar-refractivity contribution is -0.193. The monoisotopic (exact) mass is 488 g/mol. The Hall–Kier alpha value is -2.84. The molecule has 0 amide bonds. The van der Waals surface area contributed by atoms with Crippen LogP contribution in [-0.2, 0) is 22.4 Å². The van der Waals surface area contributed by atoms with Gasteiger partial charge in [0.25, 0.3) is 0 Å². The summed E-state index contributed by atoms with van der Waals surface area (Å²) in [5, 5.41) is 15.4. The molecular formula is C17H18F6N4O4S. The number of aryl methyl sites for hydroxylation is 2. The maximum atomic E-state index is 10.6. The van der Waals surface area contributed by atoms with Crippen molar-refractivity contribution in [2.24, 2.45) is 0 Å². The largest absolute Gasteiger partial charge is 0.490 e. The number of alkyl halides is 6. The van der Waals surface area contributed by atoms with Crippen molar-refractivity contribution in [3.8, 4) is 0 Å². The number of fused-ring (bicyclic) bond motifs is 3. The van der Waals surface area contributed by atoms with Gasteiger partial charge >= 0.3 is 24.3 Å². The van der Waals surface area contributed by atoms with Gasteiger partial charge in [-0.1, -0.05) is 0 Å². The van der Waals surface area contributed by atoms with E-state index < -0.39 is 24.3 Å². The van der Waals surface area contributed by atoms with Crippen molar-refractivity contribution < 1.29 is 46.1 Å². The second-order valence-electron chi connectivity index (χ2n) is 6.75. The van der Waals surface area contributed by atoms with E-state index in [2.05, 4.69) is 9.88 Å². The molecule has 0 bridgehead atoms. The Morgan fingerprint density at radius 3 is 1.88 bits per heavy atom. The van der Waals surface area contributed by atoms with E-state index in [1.54, 1.807) is 0 Å². The Bertz CT molecular complexity index is 962. The minimum atomic E-state index is -5.08. The smallest absolute Gasteiger partial charge is 0.475 e. The molecule has 0 radical (unpaired) electrons. The molecule has 178 valence electrons. The van der Waals surface area contributed by atoms with Gasteiger partial charge in [0.15, 0.2) is 0 Å². The van der Waals surface area contributed by atoms with E-state index in [-0.39, 0.29) is 0 Å². The van der Waals surface area contributed by atoms with E-state index in [4.69, 9.17) is 30.5 Å². The highest BCUT2D eigenvalue weighted by Crippen LogP contribution is 2.39. The number of aliphatic carboxylic acids is 2. The van der Waals surface area contributed by atoms with Gasteiger partial charge in [-0.2, -0.15) is 31.3 Å². The van der Waals surface area contributed by atoms with Gasteiger partial charge in [0.05, 0.1) is 5.39 Å². The first-order valence-corrected chi connectivity index (χ1v) is 9.96. The van der Waals surface area contributed by atoms with Gasteiger partial charge in [0.1, 0.15) is 10.6 Å². The number of carbonyl (C=O) groups is 2. The lowest BCUT2D eigenvalue weighted by Gasteiger charge is -2.15. The minimum absolute atomic E-state index is 0.682. The summed E-state index contributed by atoms with van der Waals surface area (Å²) >= 11 is 1.82. The zero-order valence-electron chi connectivity index (χ0n) is 16.3. The van der Waals surface area contributed by atoms with Crippen molar-refractivity contribution in [1.29, 1.82) is 0 Å². The summed E-state index contributed by atoms with van der Waals surface area (Å²) in [7, 11) is 0. The molecule has 1 aliphatic heterocycles. The Labute approximate surface area is 180 Å². The summed E-state index contributed by atoms with van der Waals surface area (Å²) in [6.45, 7) is 2.13. The highest BCUT2D eigenvalue weighted by atomic mass is 32.1. The number of halogens is 6. The zero-order chi connectivity index (χ0) is 24.3. The molecule has 8 nitrogen and oxygen atoms in total. The number of anilines is 2. The standard InChI is InChI=1S/C13H16N4S.2C2HF3O2/c14-11-10-8-4-3-5-9(8)18-12(10)16-13(15-11)17-6-1-2-7-17;2*3-2(4,5)1(6)7/h1-7H2,(H2,14,15,16);2*(H,6,7). The molecule has 4 N–H and O–H groups in total. The molecule has 1 saturated heterocycles. The molecule has 3 heterocycles. The van der Waals surface area contributed by atoms with Crippen LogP contribution < -0.4 is 10.6 Å². The third kappa shape index (κ3) is 6.34. The van der Waals surface area contributed by atoms with Crippen LogP contribution in [0.25, 0.3) is 10.2 Å². The van der Waals surface area contributed by atoms with Crippen LogP contribution in [0.1, 0.15) is 29.7 Å². The number of nitrogen functional groups attached to an aromatic ring is 1. The first kappa shape index (κ1) is 25.4. The molecule has 2 aliphatic rings.